The first kappa shape index (κ1) is 48.1. The third-order valence-corrected chi connectivity index (χ3v) is 15.3. The van der Waals surface area contributed by atoms with Crippen molar-refractivity contribution in [2.24, 2.45) is 0 Å². The summed E-state index contributed by atoms with van der Waals surface area (Å²) in [5.74, 6) is -0.231. The van der Waals surface area contributed by atoms with Gasteiger partial charge < -0.3 is 10.4 Å². The molecule has 0 saturated carbocycles. The molecule has 0 aromatic heterocycles. The Morgan fingerprint density at radius 2 is 1.31 bits per heavy atom. The van der Waals surface area contributed by atoms with Gasteiger partial charge in [0, 0.05) is 58.9 Å². The normalized spacial score (nSPS) is 21.2. The van der Waals surface area contributed by atoms with Crippen LogP contribution in [0.2, 0.25) is 0 Å². The van der Waals surface area contributed by atoms with E-state index >= 15 is 0 Å². The van der Waals surface area contributed by atoms with Crippen LogP contribution in [0.1, 0.15) is 76.3 Å². The van der Waals surface area contributed by atoms with Gasteiger partial charge >= 0.3 is 5.97 Å². The van der Waals surface area contributed by atoms with Gasteiger partial charge in [0.1, 0.15) is 6.54 Å². The van der Waals surface area contributed by atoms with Crippen LogP contribution < -0.4 is 5.32 Å². The average Bonchev–Trinajstić information content (AvgIpc) is 3.62. The van der Waals surface area contributed by atoms with E-state index in [1.165, 1.54) is 26.4 Å². The fraction of sp³-hybridized carbons (Fsp3) is 0.463. The van der Waals surface area contributed by atoms with Crippen molar-refractivity contribution >= 4 is 65.5 Å². The largest absolute Gasteiger partial charge is 0.481 e. The van der Waals surface area contributed by atoms with E-state index in [4.69, 9.17) is 21.8 Å². The molecule has 0 radical (unpaired) electrons. The van der Waals surface area contributed by atoms with Crippen molar-refractivity contribution in [3.8, 4) is 0 Å². The zero-order valence-corrected chi connectivity index (χ0v) is 37.6. The SMILES string of the molecule is COS(=O)CCCC1(C)C(/C=C/C=C/C=C/C=C2/Nc3ccc(S(=O)(=O)OC)cc3C2(C)CCCS(=O)OC)=[N+](CCCCCC(=O)O)c2ccc(S(=O)(=O)OC)cc21. The number of carbonyl (C=O) groups is 1. The van der Waals surface area contributed by atoms with Crippen LogP contribution >= 0.6 is 0 Å². The van der Waals surface area contributed by atoms with Crippen LogP contribution in [0.25, 0.3) is 0 Å². The van der Waals surface area contributed by atoms with Crippen LogP contribution in [0.5, 0.6) is 0 Å². The summed E-state index contributed by atoms with van der Waals surface area (Å²) in [5.41, 5.74) is 3.58. The monoisotopic (exact) mass is 895 g/mol. The Hall–Kier alpha value is -3.62. The van der Waals surface area contributed by atoms with Gasteiger partial charge in [0.15, 0.2) is 27.9 Å². The topological polar surface area (TPSA) is 192 Å². The van der Waals surface area contributed by atoms with Gasteiger partial charge in [-0.25, -0.2) is 8.42 Å². The minimum Gasteiger partial charge on any atom is -0.481 e. The first-order chi connectivity index (χ1) is 28.0. The summed E-state index contributed by atoms with van der Waals surface area (Å²) < 4.78 is 96.7. The molecule has 4 atom stereocenters. The molecule has 14 nitrogen and oxygen atoms in total. The molecule has 2 aliphatic rings. The highest BCUT2D eigenvalue weighted by Gasteiger charge is 2.48. The van der Waals surface area contributed by atoms with E-state index < -0.39 is 59.2 Å². The number of hydrogen-bond donors (Lipinski definition) is 2. The van der Waals surface area contributed by atoms with Crippen LogP contribution in [0.3, 0.4) is 0 Å². The van der Waals surface area contributed by atoms with Crippen molar-refractivity contribution in [2.45, 2.75) is 85.8 Å². The molecule has 4 unspecified atom stereocenters. The lowest BCUT2D eigenvalue weighted by Gasteiger charge is -2.26. The Morgan fingerprint density at radius 3 is 1.90 bits per heavy atom. The van der Waals surface area contributed by atoms with Crippen LogP contribution in [-0.4, -0.2) is 93.1 Å². The molecule has 0 spiro atoms. The fourth-order valence-corrected chi connectivity index (χ4v) is 9.99. The predicted molar refractivity (Wildman–Crippen MR) is 230 cm³/mol. The second kappa shape index (κ2) is 21.3. The summed E-state index contributed by atoms with van der Waals surface area (Å²) >= 11 is -2.91. The molecule has 0 fully saturated rings. The maximum absolute atomic E-state index is 12.8. The van der Waals surface area contributed by atoms with Crippen molar-refractivity contribution in [3.05, 3.63) is 95.8 Å². The number of rotatable bonds is 24. The minimum absolute atomic E-state index is 0.0255. The molecule has 59 heavy (non-hydrogen) atoms. The van der Waals surface area contributed by atoms with Crippen molar-refractivity contribution in [1.82, 2.24) is 0 Å². The molecule has 0 amide bonds. The molecule has 2 aromatic rings. The summed E-state index contributed by atoms with van der Waals surface area (Å²) in [6.07, 6.45) is 17.4. The standard InChI is InChI=1S/C41H54N2O12S4/c1-40(24-15-27-56(46)52-3)33-29-31(58(48,49)54-5)20-22-35(33)42-37(40)17-11-8-7-9-12-18-38-41(2,25-16-28-57(47)53-4)34-30-32(59(50,51)55-6)21-23-36(34)43(38)26-14-10-13-19-39(44)45/h7-9,11-12,17-18,20-23,29-30H,10,13-16,19,24-28H2,1-6H3,(H,44,45)/p+1. The van der Waals surface area contributed by atoms with Crippen molar-refractivity contribution in [3.63, 3.8) is 0 Å². The molecule has 0 bridgehead atoms. The lowest BCUT2D eigenvalue weighted by molar-refractivity contribution is -0.438. The fourth-order valence-electron chi connectivity index (χ4n) is 7.52. The van der Waals surface area contributed by atoms with E-state index in [-0.39, 0.29) is 16.2 Å². The predicted octanol–water partition coefficient (Wildman–Crippen LogP) is 6.47. The summed E-state index contributed by atoms with van der Waals surface area (Å²) in [7, 11) is -2.92. The summed E-state index contributed by atoms with van der Waals surface area (Å²) in [6, 6.07) is 9.75. The lowest BCUT2D eigenvalue weighted by Crippen LogP contribution is -2.32. The molecule has 2 heterocycles. The highest BCUT2D eigenvalue weighted by Crippen LogP contribution is 2.48. The maximum Gasteiger partial charge on any atom is 0.303 e. The Labute approximate surface area is 353 Å². The maximum atomic E-state index is 12.8. The Bertz CT molecular complexity index is 2280. The van der Waals surface area contributed by atoms with Crippen molar-refractivity contribution in [1.29, 1.82) is 0 Å². The van der Waals surface area contributed by atoms with E-state index in [0.29, 0.717) is 63.0 Å². The third-order valence-electron chi connectivity index (χ3n) is 10.8. The van der Waals surface area contributed by atoms with Gasteiger partial charge in [0.25, 0.3) is 20.2 Å². The Kier molecular flexibility index (Phi) is 17.3. The number of fused-ring (bicyclic) bond motifs is 2. The minimum atomic E-state index is -4.00. The van der Waals surface area contributed by atoms with E-state index in [1.807, 2.05) is 56.4 Å². The van der Waals surface area contributed by atoms with E-state index in [9.17, 15) is 30.0 Å². The highest BCUT2D eigenvalue weighted by atomic mass is 32.2. The van der Waals surface area contributed by atoms with Gasteiger partial charge in [-0.3, -0.25) is 21.5 Å². The summed E-state index contributed by atoms with van der Waals surface area (Å²) in [4.78, 5) is 11.2. The molecule has 2 N–H and O–H groups in total. The van der Waals surface area contributed by atoms with Crippen LogP contribution in [0, 0.1) is 0 Å². The molecular weight excluding hydrogens is 841 g/mol. The van der Waals surface area contributed by atoms with E-state index in [0.717, 1.165) is 48.1 Å². The van der Waals surface area contributed by atoms with Crippen LogP contribution in [-0.2, 0) is 74.8 Å². The molecule has 0 saturated heterocycles. The van der Waals surface area contributed by atoms with Gasteiger partial charge in [0.2, 0.25) is 5.69 Å². The number of benzene rings is 2. The number of unbranched alkanes of at least 4 members (excludes halogenated alkanes) is 2. The molecule has 324 valence electrons. The van der Waals surface area contributed by atoms with Gasteiger partial charge in [-0.2, -0.15) is 21.4 Å². The molecule has 0 aliphatic carbocycles. The first-order valence-electron chi connectivity index (χ1n) is 19.1. The van der Waals surface area contributed by atoms with Gasteiger partial charge in [0.05, 0.1) is 43.6 Å². The number of nitrogens with zero attached hydrogens (tertiary/aromatic N) is 1. The quantitative estimate of drug-likeness (QED) is 0.0505. The number of nitrogens with one attached hydrogen (secondary N) is 1. The zero-order chi connectivity index (χ0) is 43.4. The van der Waals surface area contributed by atoms with Crippen LogP contribution in [0.15, 0.2) is 94.4 Å². The zero-order valence-electron chi connectivity index (χ0n) is 34.3. The van der Waals surface area contributed by atoms with Crippen molar-refractivity contribution in [2.75, 3.05) is 51.8 Å². The summed E-state index contributed by atoms with van der Waals surface area (Å²) in [6.45, 7) is 4.61. The van der Waals surface area contributed by atoms with Crippen LogP contribution in [0.4, 0.5) is 11.4 Å². The number of hydrogen-bond acceptors (Lipinski definition) is 12. The Balaban J connectivity index is 1.66. The molecule has 18 heteroatoms. The molecule has 4 rings (SSSR count). The molecule has 2 aromatic carbocycles. The Morgan fingerprint density at radius 1 is 0.746 bits per heavy atom. The van der Waals surface area contributed by atoms with Gasteiger partial charge in [-0.1, -0.05) is 30.4 Å². The number of aliphatic carboxylic acids is 1. The highest BCUT2D eigenvalue weighted by molar-refractivity contribution is 7.87. The van der Waals surface area contributed by atoms with E-state index in [1.54, 1.807) is 24.3 Å². The third kappa shape index (κ3) is 11.8. The van der Waals surface area contributed by atoms with E-state index in [2.05, 4.69) is 9.89 Å². The number of allylic oxidation sites excluding steroid dienone is 8. The first-order valence-corrected chi connectivity index (χ1v) is 24.4. The van der Waals surface area contributed by atoms with Crippen molar-refractivity contribution < 1.29 is 56.5 Å². The molecular formula is C41H55N2O12S4+. The smallest absolute Gasteiger partial charge is 0.303 e. The number of anilines is 1. The second-order valence-electron chi connectivity index (χ2n) is 14.4. The summed E-state index contributed by atoms with van der Waals surface area (Å²) in [5, 5.41) is 12.6. The average molecular weight is 896 g/mol. The number of carboxylic acid groups (broad SMARTS) is 1. The molecule has 2 aliphatic heterocycles. The second-order valence-corrected chi connectivity index (χ2v) is 20.5. The number of carboxylic acids is 1. The lowest BCUT2D eigenvalue weighted by atomic mass is 9.76. The van der Waals surface area contributed by atoms with Gasteiger partial charge in [-0.15, -0.1) is 0 Å². The van der Waals surface area contributed by atoms with Gasteiger partial charge in [-0.05, 0) is 94.3 Å².